The van der Waals surface area contributed by atoms with Crippen molar-refractivity contribution < 1.29 is 17.6 Å². The second-order valence-electron chi connectivity index (χ2n) is 5.76. The van der Waals surface area contributed by atoms with Crippen LogP contribution in [0.15, 0.2) is 75.1 Å². The molecule has 0 unspecified atom stereocenters. The topological polar surface area (TPSA) is 101 Å². The second kappa shape index (κ2) is 8.28. The van der Waals surface area contributed by atoms with Crippen LogP contribution in [-0.2, 0) is 10.0 Å². The van der Waals surface area contributed by atoms with Crippen LogP contribution in [-0.4, -0.2) is 20.5 Å². The average molecular weight is 418 g/mol. The van der Waals surface area contributed by atoms with Crippen molar-refractivity contribution >= 4 is 39.4 Å². The Morgan fingerprint density at radius 1 is 1.11 bits per heavy atom. The Labute approximate surface area is 167 Å². The molecule has 0 bridgehead atoms. The van der Waals surface area contributed by atoms with Gasteiger partial charge in [-0.1, -0.05) is 29.8 Å². The number of sulfonamides is 1. The molecule has 1 heterocycles. The van der Waals surface area contributed by atoms with Gasteiger partial charge in [0.05, 0.1) is 21.8 Å². The number of carbonyl (C=O) groups is 1. The Bertz CT molecular complexity index is 1140. The van der Waals surface area contributed by atoms with E-state index in [9.17, 15) is 13.2 Å². The van der Waals surface area contributed by atoms with Gasteiger partial charge in [0, 0.05) is 5.56 Å². The fraction of sp³-hybridized carbons (Fsp3) is 0.0526. The summed E-state index contributed by atoms with van der Waals surface area (Å²) in [5.41, 5.74) is 2.71. The maximum atomic E-state index is 12.6. The molecule has 0 aliphatic rings. The van der Waals surface area contributed by atoms with Gasteiger partial charge in [0.15, 0.2) is 0 Å². The number of hydrogen-bond acceptors (Lipinski definition) is 5. The first-order chi connectivity index (χ1) is 13.3. The van der Waals surface area contributed by atoms with Gasteiger partial charge < -0.3 is 4.42 Å². The van der Waals surface area contributed by atoms with Crippen molar-refractivity contribution in [2.45, 2.75) is 11.8 Å². The minimum Gasteiger partial charge on any atom is -0.460 e. The van der Waals surface area contributed by atoms with Gasteiger partial charge in [-0.05, 0) is 49.4 Å². The summed E-state index contributed by atoms with van der Waals surface area (Å²) in [7, 11) is -3.92. The molecule has 0 aliphatic heterocycles. The van der Waals surface area contributed by atoms with Crippen LogP contribution in [0, 0.1) is 6.92 Å². The van der Waals surface area contributed by atoms with Gasteiger partial charge in [-0.25, -0.2) is 13.8 Å². The normalized spacial score (nSPS) is 11.5. The Morgan fingerprint density at radius 3 is 2.61 bits per heavy atom. The number of rotatable bonds is 6. The number of carbonyl (C=O) groups excluding carboxylic acids is 1. The van der Waals surface area contributed by atoms with E-state index in [-0.39, 0.29) is 21.2 Å². The maximum absolute atomic E-state index is 12.6. The highest BCUT2D eigenvalue weighted by Crippen LogP contribution is 2.24. The van der Waals surface area contributed by atoms with Gasteiger partial charge in [0.2, 0.25) is 0 Å². The van der Waals surface area contributed by atoms with E-state index in [2.05, 4.69) is 15.2 Å². The van der Waals surface area contributed by atoms with Crippen LogP contribution in [0.1, 0.15) is 21.9 Å². The molecule has 0 saturated carbocycles. The van der Waals surface area contributed by atoms with Crippen LogP contribution in [0.2, 0.25) is 5.02 Å². The summed E-state index contributed by atoms with van der Waals surface area (Å²) in [5.74, 6) is 0.643. The third kappa shape index (κ3) is 4.79. The zero-order valence-electron chi connectivity index (χ0n) is 14.7. The zero-order valence-corrected chi connectivity index (χ0v) is 16.3. The van der Waals surface area contributed by atoms with Gasteiger partial charge in [0.25, 0.3) is 15.9 Å². The lowest BCUT2D eigenvalue weighted by Gasteiger charge is -2.10. The summed E-state index contributed by atoms with van der Waals surface area (Å²) in [5, 5.41) is 4.07. The Hall–Kier alpha value is -3.10. The third-order valence-electron chi connectivity index (χ3n) is 3.64. The van der Waals surface area contributed by atoms with Gasteiger partial charge >= 0.3 is 0 Å². The van der Waals surface area contributed by atoms with Crippen molar-refractivity contribution in [1.29, 1.82) is 0 Å². The number of hydrazone groups is 1. The first kappa shape index (κ1) is 19.7. The van der Waals surface area contributed by atoms with Crippen LogP contribution < -0.4 is 10.1 Å². The number of furan rings is 1. The van der Waals surface area contributed by atoms with Crippen LogP contribution in [0.5, 0.6) is 0 Å². The fourth-order valence-corrected chi connectivity index (χ4v) is 3.66. The highest BCUT2D eigenvalue weighted by Gasteiger charge is 2.17. The van der Waals surface area contributed by atoms with Crippen LogP contribution in [0.3, 0.4) is 0 Å². The standard InChI is InChI=1S/C19H16ClN3O4S/c1-13-9-10-15(27-13)12-21-22-19(24)14-5-4-6-16(11-14)28(25,26)23-18-8-3-2-7-17(18)20/h2-12,23H,1H3,(H,22,24)/b21-12+. The molecule has 0 radical (unpaired) electrons. The predicted octanol–water partition coefficient (Wildman–Crippen LogP) is 3.81. The number of anilines is 1. The third-order valence-corrected chi connectivity index (χ3v) is 5.34. The van der Waals surface area contributed by atoms with Crippen LogP contribution in [0.4, 0.5) is 5.69 Å². The molecule has 0 fully saturated rings. The molecule has 3 aromatic rings. The number of nitrogens with zero attached hydrogens (tertiary/aromatic N) is 1. The summed E-state index contributed by atoms with van der Waals surface area (Å²) in [6.45, 7) is 1.79. The van der Waals surface area contributed by atoms with Crippen molar-refractivity contribution in [3.05, 3.63) is 82.8 Å². The minimum absolute atomic E-state index is 0.0780. The van der Waals surface area contributed by atoms with Gasteiger partial charge in [-0.15, -0.1) is 0 Å². The number of aryl methyl sites for hydroxylation is 1. The molecule has 1 aromatic heterocycles. The molecule has 0 saturated heterocycles. The molecular formula is C19H16ClN3O4S. The van der Waals surface area contributed by atoms with Crippen LogP contribution in [0.25, 0.3) is 0 Å². The number of amides is 1. The number of para-hydroxylation sites is 1. The van der Waals surface area contributed by atoms with E-state index in [1.807, 2.05) is 0 Å². The molecule has 0 atom stereocenters. The first-order valence-electron chi connectivity index (χ1n) is 8.12. The molecule has 0 aliphatic carbocycles. The molecule has 1 amide bonds. The minimum atomic E-state index is -3.92. The number of halogens is 1. The molecule has 2 aromatic carbocycles. The van der Waals surface area contributed by atoms with E-state index in [0.717, 1.165) is 5.76 Å². The molecule has 28 heavy (non-hydrogen) atoms. The second-order valence-corrected chi connectivity index (χ2v) is 7.85. The average Bonchev–Trinajstić information content (AvgIpc) is 3.08. The number of benzene rings is 2. The molecule has 9 heteroatoms. The fourth-order valence-electron chi connectivity index (χ4n) is 2.29. The Morgan fingerprint density at radius 2 is 1.89 bits per heavy atom. The summed E-state index contributed by atoms with van der Waals surface area (Å²) in [6, 6.07) is 15.5. The van der Waals surface area contributed by atoms with Gasteiger partial charge in [-0.3, -0.25) is 9.52 Å². The smallest absolute Gasteiger partial charge is 0.271 e. The van der Waals surface area contributed by atoms with Crippen molar-refractivity contribution in [3.63, 3.8) is 0 Å². The molecule has 2 N–H and O–H groups in total. The molecule has 144 valence electrons. The summed E-state index contributed by atoms with van der Waals surface area (Å²) >= 11 is 5.99. The monoisotopic (exact) mass is 417 g/mol. The lowest BCUT2D eigenvalue weighted by molar-refractivity contribution is 0.0955. The van der Waals surface area contributed by atoms with Crippen molar-refractivity contribution in [2.24, 2.45) is 5.10 Å². The van der Waals surface area contributed by atoms with Crippen molar-refractivity contribution in [2.75, 3.05) is 4.72 Å². The number of hydrogen-bond donors (Lipinski definition) is 2. The molecule has 3 rings (SSSR count). The predicted molar refractivity (Wildman–Crippen MR) is 107 cm³/mol. The quantitative estimate of drug-likeness (QED) is 0.470. The van der Waals surface area contributed by atoms with E-state index in [1.165, 1.54) is 30.5 Å². The van der Waals surface area contributed by atoms with E-state index in [4.69, 9.17) is 16.0 Å². The molecule has 7 nitrogen and oxygen atoms in total. The highest BCUT2D eigenvalue weighted by molar-refractivity contribution is 7.92. The maximum Gasteiger partial charge on any atom is 0.271 e. The van der Waals surface area contributed by atoms with Gasteiger partial charge in [-0.2, -0.15) is 5.10 Å². The van der Waals surface area contributed by atoms with E-state index < -0.39 is 15.9 Å². The van der Waals surface area contributed by atoms with Crippen molar-refractivity contribution in [3.8, 4) is 0 Å². The summed E-state index contributed by atoms with van der Waals surface area (Å²) in [4.78, 5) is 12.2. The zero-order chi connectivity index (χ0) is 20.1. The largest absolute Gasteiger partial charge is 0.460 e. The van der Waals surface area contributed by atoms with Crippen LogP contribution >= 0.6 is 11.6 Å². The van der Waals surface area contributed by atoms with Crippen molar-refractivity contribution in [1.82, 2.24) is 5.43 Å². The summed E-state index contributed by atoms with van der Waals surface area (Å²) < 4.78 is 32.9. The number of nitrogens with one attached hydrogen (secondary N) is 2. The van der Waals surface area contributed by atoms with E-state index in [1.54, 1.807) is 43.3 Å². The van der Waals surface area contributed by atoms with E-state index >= 15 is 0 Å². The Balaban J connectivity index is 1.74. The lowest BCUT2D eigenvalue weighted by atomic mass is 10.2. The molecular weight excluding hydrogens is 402 g/mol. The van der Waals surface area contributed by atoms with Gasteiger partial charge in [0.1, 0.15) is 11.5 Å². The lowest BCUT2D eigenvalue weighted by Crippen LogP contribution is -2.19. The molecule has 0 spiro atoms. The highest BCUT2D eigenvalue weighted by atomic mass is 35.5. The summed E-state index contributed by atoms with van der Waals surface area (Å²) in [6.07, 6.45) is 1.35. The SMILES string of the molecule is Cc1ccc(/C=N/NC(=O)c2cccc(S(=O)(=O)Nc3ccccc3Cl)c2)o1. The first-order valence-corrected chi connectivity index (χ1v) is 9.98. The Kier molecular flexibility index (Phi) is 5.81. The van der Waals surface area contributed by atoms with E-state index in [0.29, 0.717) is 5.76 Å².